The van der Waals surface area contributed by atoms with Crippen molar-refractivity contribution < 1.29 is 9.59 Å². The summed E-state index contributed by atoms with van der Waals surface area (Å²) in [4.78, 5) is 24.4. The van der Waals surface area contributed by atoms with Crippen molar-refractivity contribution in [3.8, 4) is 0 Å². The van der Waals surface area contributed by atoms with Crippen LogP contribution in [0.3, 0.4) is 0 Å². The highest BCUT2D eigenvalue weighted by molar-refractivity contribution is 6.30. The highest BCUT2D eigenvalue weighted by atomic mass is 35.5. The molecule has 0 aromatic heterocycles. The number of aryl methyl sites for hydroxylation is 1. The fraction of sp³-hybridized carbons (Fsp3) is 0.130. The molecule has 0 atom stereocenters. The van der Waals surface area contributed by atoms with E-state index in [-0.39, 0.29) is 11.7 Å². The predicted octanol–water partition coefficient (Wildman–Crippen LogP) is 5.34. The van der Waals surface area contributed by atoms with Crippen LogP contribution in [-0.4, -0.2) is 11.7 Å². The Kier molecular flexibility index (Phi) is 6.39. The van der Waals surface area contributed by atoms with Crippen LogP contribution < -0.4 is 5.32 Å². The van der Waals surface area contributed by atoms with Gasteiger partial charge in [-0.3, -0.25) is 9.59 Å². The fourth-order valence-electron chi connectivity index (χ4n) is 2.75. The van der Waals surface area contributed by atoms with Crippen LogP contribution in [0.15, 0.2) is 78.9 Å². The average Bonchev–Trinajstić information content (AvgIpc) is 2.69. The minimum Gasteiger partial charge on any atom is -0.322 e. The second-order valence-electron chi connectivity index (χ2n) is 6.36. The standard InChI is InChI=1S/C23H20ClNO2/c24-20-11-9-19(10-12-20)23(27)25-21-13-6-18(7-14-21)16-22(26)15-8-17-4-2-1-3-5-17/h1-7,9-14H,8,15-16H2,(H,25,27). The largest absolute Gasteiger partial charge is 0.322 e. The molecule has 0 fully saturated rings. The summed E-state index contributed by atoms with van der Waals surface area (Å²) in [6.45, 7) is 0. The quantitative estimate of drug-likeness (QED) is 0.604. The van der Waals surface area contributed by atoms with Crippen LogP contribution in [0.4, 0.5) is 5.69 Å². The summed E-state index contributed by atoms with van der Waals surface area (Å²) in [6, 6.07) is 24.1. The van der Waals surface area contributed by atoms with E-state index in [0.717, 1.165) is 12.0 Å². The van der Waals surface area contributed by atoms with E-state index >= 15 is 0 Å². The van der Waals surface area contributed by atoms with Gasteiger partial charge in [-0.05, 0) is 53.9 Å². The Morgan fingerprint density at radius 2 is 1.44 bits per heavy atom. The van der Waals surface area contributed by atoms with Crippen LogP contribution in [-0.2, 0) is 17.6 Å². The first kappa shape index (κ1) is 18.9. The molecule has 0 radical (unpaired) electrons. The smallest absolute Gasteiger partial charge is 0.255 e. The van der Waals surface area contributed by atoms with E-state index in [1.165, 1.54) is 5.56 Å². The monoisotopic (exact) mass is 377 g/mol. The maximum atomic E-state index is 12.2. The molecule has 0 spiro atoms. The molecule has 0 bridgehead atoms. The maximum absolute atomic E-state index is 12.2. The topological polar surface area (TPSA) is 46.2 Å². The lowest BCUT2D eigenvalue weighted by atomic mass is 10.0. The molecule has 0 saturated heterocycles. The van der Waals surface area contributed by atoms with Crippen LogP contribution in [0.25, 0.3) is 0 Å². The van der Waals surface area contributed by atoms with E-state index < -0.39 is 0 Å². The zero-order chi connectivity index (χ0) is 19.1. The summed E-state index contributed by atoms with van der Waals surface area (Å²) in [7, 11) is 0. The van der Waals surface area contributed by atoms with E-state index in [2.05, 4.69) is 5.32 Å². The van der Waals surface area contributed by atoms with E-state index in [9.17, 15) is 9.59 Å². The summed E-state index contributed by atoms with van der Waals surface area (Å²) >= 11 is 5.83. The van der Waals surface area contributed by atoms with Crippen molar-refractivity contribution in [1.29, 1.82) is 0 Å². The zero-order valence-electron chi connectivity index (χ0n) is 14.8. The number of hydrogen-bond donors (Lipinski definition) is 1. The number of anilines is 1. The van der Waals surface area contributed by atoms with Gasteiger partial charge in [0.25, 0.3) is 5.91 Å². The number of rotatable bonds is 7. The molecule has 0 aliphatic heterocycles. The SMILES string of the molecule is O=C(CCc1ccccc1)Cc1ccc(NC(=O)c2ccc(Cl)cc2)cc1. The van der Waals surface area contributed by atoms with Crippen LogP contribution in [0.5, 0.6) is 0 Å². The number of amides is 1. The molecule has 0 unspecified atom stereocenters. The molecule has 136 valence electrons. The molecular formula is C23H20ClNO2. The second-order valence-corrected chi connectivity index (χ2v) is 6.80. The lowest BCUT2D eigenvalue weighted by Gasteiger charge is -2.07. The maximum Gasteiger partial charge on any atom is 0.255 e. The molecule has 0 heterocycles. The second kappa shape index (κ2) is 9.15. The van der Waals surface area contributed by atoms with Gasteiger partial charge in [0.05, 0.1) is 0 Å². The zero-order valence-corrected chi connectivity index (χ0v) is 15.6. The first-order valence-electron chi connectivity index (χ1n) is 8.81. The normalized spacial score (nSPS) is 10.4. The van der Waals surface area contributed by atoms with Crippen molar-refractivity contribution >= 4 is 29.0 Å². The molecule has 1 N–H and O–H groups in total. The van der Waals surface area contributed by atoms with Crippen LogP contribution >= 0.6 is 11.6 Å². The van der Waals surface area contributed by atoms with Crippen LogP contribution in [0, 0.1) is 0 Å². The van der Waals surface area contributed by atoms with E-state index in [0.29, 0.717) is 29.1 Å². The van der Waals surface area contributed by atoms with E-state index in [4.69, 9.17) is 11.6 Å². The fourth-order valence-corrected chi connectivity index (χ4v) is 2.88. The highest BCUT2D eigenvalue weighted by Crippen LogP contribution is 2.15. The summed E-state index contributed by atoms with van der Waals surface area (Å²) in [5.74, 6) is 0.00940. The number of carbonyl (C=O) groups excluding carboxylic acids is 2. The minimum absolute atomic E-state index is 0.196. The predicted molar refractivity (Wildman–Crippen MR) is 109 cm³/mol. The molecule has 3 aromatic rings. The molecule has 3 nitrogen and oxygen atoms in total. The molecule has 3 rings (SSSR count). The number of hydrogen-bond acceptors (Lipinski definition) is 2. The van der Waals surface area contributed by atoms with Crippen molar-refractivity contribution in [2.24, 2.45) is 0 Å². The number of benzene rings is 3. The van der Waals surface area contributed by atoms with Gasteiger partial charge in [-0.2, -0.15) is 0 Å². The van der Waals surface area contributed by atoms with Crippen molar-refractivity contribution in [2.45, 2.75) is 19.3 Å². The van der Waals surface area contributed by atoms with Crippen molar-refractivity contribution in [1.82, 2.24) is 0 Å². The van der Waals surface area contributed by atoms with Gasteiger partial charge in [0.2, 0.25) is 0 Å². The molecule has 0 aliphatic rings. The lowest BCUT2D eigenvalue weighted by Crippen LogP contribution is -2.11. The van der Waals surface area contributed by atoms with Gasteiger partial charge >= 0.3 is 0 Å². The molecule has 1 amide bonds. The van der Waals surface area contributed by atoms with Gasteiger partial charge < -0.3 is 5.32 Å². The number of Topliss-reactive ketones (excluding diaryl/α,β-unsaturated/α-hetero) is 1. The Bertz CT molecular complexity index is 903. The number of carbonyl (C=O) groups is 2. The first-order valence-corrected chi connectivity index (χ1v) is 9.19. The third-order valence-electron chi connectivity index (χ3n) is 4.25. The summed E-state index contributed by atoms with van der Waals surface area (Å²) in [5, 5.41) is 3.43. The van der Waals surface area contributed by atoms with Crippen LogP contribution in [0.2, 0.25) is 5.02 Å². The van der Waals surface area contributed by atoms with Gasteiger partial charge in [-0.1, -0.05) is 54.1 Å². The Labute approximate surface area is 164 Å². The third kappa shape index (κ3) is 5.80. The number of nitrogens with one attached hydrogen (secondary N) is 1. The third-order valence-corrected chi connectivity index (χ3v) is 4.51. The van der Waals surface area contributed by atoms with Crippen molar-refractivity contribution in [3.05, 3.63) is 101 Å². The lowest BCUT2D eigenvalue weighted by molar-refractivity contribution is -0.118. The summed E-state index contributed by atoms with van der Waals surface area (Å²) in [5.41, 5.74) is 3.35. The average molecular weight is 378 g/mol. The Balaban J connectivity index is 1.51. The Hall–Kier alpha value is -2.91. The Morgan fingerprint density at radius 1 is 0.778 bits per heavy atom. The van der Waals surface area contributed by atoms with Gasteiger partial charge in [-0.25, -0.2) is 0 Å². The first-order chi connectivity index (χ1) is 13.1. The number of ketones is 1. The highest BCUT2D eigenvalue weighted by Gasteiger charge is 2.07. The molecular weight excluding hydrogens is 358 g/mol. The molecule has 0 aliphatic carbocycles. The summed E-state index contributed by atoms with van der Waals surface area (Å²) in [6.07, 6.45) is 1.69. The van der Waals surface area contributed by atoms with Gasteiger partial charge in [0.15, 0.2) is 0 Å². The van der Waals surface area contributed by atoms with E-state index in [1.54, 1.807) is 24.3 Å². The van der Waals surface area contributed by atoms with Gasteiger partial charge in [-0.15, -0.1) is 0 Å². The van der Waals surface area contributed by atoms with Crippen molar-refractivity contribution in [2.75, 3.05) is 5.32 Å². The Morgan fingerprint density at radius 3 is 2.11 bits per heavy atom. The minimum atomic E-state index is -0.196. The molecule has 27 heavy (non-hydrogen) atoms. The molecule has 0 saturated carbocycles. The van der Waals surface area contributed by atoms with Crippen LogP contribution in [0.1, 0.15) is 27.9 Å². The number of halogens is 1. The van der Waals surface area contributed by atoms with Gasteiger partial charge in [0, 0.05) is 29.1 Å². The molecule has 3 aromatic carbocycles. The molecule has 4 heteroatoms. The van der Waals surface area contributed by atoms with Gasteiger partial charge in [0.1, 0.15) is 5.78 Å². The summed E-state index contributed by atoms with van der Waals surface area (Å²) < 4.78 is 0. The van der Waals surface area contributed by atoms with Crippen molar-refractivity contribution in [3.63, 3.8) is 0 Å². The van der Waals surface area contributed by atoms with E-state index in [1.807, 2.05) is 54.6 Å².